The minimum Gasteiger partial charge on any atom is -0.483 e. The number of carboxylic acids is 1. The van der Waals surface area contributed by atoms with Crippen molar-refractivity contribution in [3.63, 3.8) is 0 Å². The van der Waals surface area contributed by atoms with E-state index in [4.69, 9.17) is 29.1 Å². The van der Waals surface area contributed by atoms with Gasteiger partial charge in [-0.05, 0) is 37.5 Å². The fourth-order valence-electron chi connectivity index (χ4n) is 7.59. The third-order valence-corrected chi connectivity index (χ3v) is 14.1. The molecule has 15 N–H and O–H groups in total. The monoisotopic (exact) mass is 954 g/mol. The van der Waals surface area contributed by atoms with Crippen LogP contribution in [0.15, 0.2) is 24.3 Å². The summed E-state index contributed by atoms with van der Waals surface area (Å²) in [6.45, 7) is -2.77. The Balaban J connectivity index is 1.51. The molecule has 16 unspecified atom stereocenters. The number of aliphatic hydroxyl groups is 10. The number of rotatable bonds is 26. The summed E-state index contributed by atoms with van der Waals surface area (Å²) >= 11 is 0. The zero-order valence-electron chi connectivity index (χ0n) is 35.0. The molecule has 3 aliphatic heterocycles. The highest BCUT2D eigenvalue weighted by Crippen LogP contribution is 2.41. The van der Waals surface area contributed by atoms with Crippen LogP contribution in [0, 0.1) is 11.3 Å². The second kappa shape index (κ2) is 25.8. The molecule has 0 saturated carbocycles. The molecule has 0 aromatic heterocycles. The van der Waals surface area contributed by atoms with E-state index in [2.05, 4.69) is 16.0 Å². The summed E-state index contributed by atoms with van der Waals surface area (Å²) in [6, 6.07) is 5.28. The van der Waals surface area contributed by atoms with E-state index in [1.165, 1.54) is 6.42 Å². The molecule has 4 rings (SSSR count). The van der Waals surface area contributed by atoms with Crippen LogP contribution in [-0.2, 0) is 38.1 Å². The standard InChI is InChI=1S/C39H62N4O19S2/c1-19(47)42-24(13-41-20-5-4-6-21(11-20)43-29(51)8-3-2-7-22-9-10-63-64-22)30(52)35(27(50)15-45)60-37-33(55)36(32(54)28(16-46)59-37)62-39(38(56)57)12-25(48)23(17-58-18-40)34(61-39)31(53)26(49)14-44/h4-6,11,18,22-28,30-37,40-41,44-46,48-50,52-55H,2-3,7-10,12-17H2,1H3,(H,42,47)(H,43,51)(H,56,57). The van der Waals surface area contributed by atoms with Crippen LogP contribution in [0.4, 0.5) is 11.4 Å². The smallest absolute Gasteiger partial charge is 0.364 e. The number of amides is 2. The lowest BCUT2D eigenvalue weighted by molar-refractivity contribution is -0.380. The molecule has 16 atom stereocenters. The molecule has 64 heavy (non-hydrogen) atoms. The Labute approximate surface area is 376 Å². The summed E-state index contributed by atoms with van der Waals surface area (Å²) in [7, 11) is 3.76. The number of aliphatic carboxylic acids is 1. The van der Waals surface area contributed by atoms with Gasteiger partial charge in [-0.3, -0.25) is 15.0 Å². The molecule has 0 bridgehead atoms. The van der Waals surface area contributed by atoms with Crippen molar-refractivity contribution >= 4 is 57.1 Å². The Hall–Kier alpha value is -2.96. The second-order valence-corrected chi connectivity index (χ2v) is 18.6. The van der Waals surface area contributed by atoms with Crippen molar-refractivity contribution in [2.24, 2.45) is 5.92 Å². The fourth-order valence-corrected chi connectivity index (χ4v) is 10.6. The van der Waals surface area contributed by atoms with Crippen molar-refractivity contribution in [1.29, 1.82) is 5.41 Å². The van der Waals surface area contributed by atoms with Crippen LogP contribution < -0.4 is 16.0 Å². The Morgan fingerprint density at radius 3 is 2.38 bits per heavy atom. The number of ether oxygens (including phenoxy) is 5. The SMILES string of the molecule is CC(=O)NC(CNc1cccc(NC(=O)CCCCC2CCSS2)c1)C(O)C(OC1OC(CO)C(O)C(OC2(C(=O)O)CC(O)C(COC=N)C(C(O)C(O)CO)O2)C1O)C(O)CO. The van der Waals surface area contributed by atoms with Gasteiger partial charge >= 0.3 is 5.97 Å². The first-order valence-electron chi connectivity index (χ1n) is 20.8. The van der Waals surface area contributed by atoms with Crippen molar-refractivity contribution < 1.29 is 94.2 Å². The molecule has 3 saturated heterocycles. The first-order chi connectivity index (χ1) is 30.5. The largest absolute Gasteiger partial charge is 0.483 e. The molecule has 1 aromatic carbocycles. The van der Waals surface area contributed by atoms with E-state index in [-0.39, 0.29) is 12.5 Å². The van der Waals surface area contributed by atoms with Crippen molar-refractivity contribution in [2.75, 3.05) is 49.4 Å². The number of carbonyl (C=O) groups is 3. The lowest BCUT2D eigenvalue weighted by atomic mass is 9.83. The third-order valence-electron chi connectivity index (χ3n) is 11.1. The summed E-state index contributed by atoms with van der Waals surface area (Å²) in [5, 5.41) is 134. The number of carbonyl (C=O) groups excluding carboxylic acids is 2. The van der Waals surface area contributed by atoms with Crippen LogP contribution in [0.1, 0.15) is 45.4 Å². The zero-order chi connectivity index (χ0) is 47.1. The van der Waals surface area contributed by atoms with Gasteiger partial charge in [-0.1, -0.05) is 34.1 Å². The first kappa shape index (κ1) is 53.7. The van der Waals surface area contributed by atoms with E-state index in [0.717, 1.165) is 31.9 Å². The van der Waals surface area contributed by atoms with E-state index in [0.29, 0.717) is 29.4 Å². The molecule has 0 spiro atoms. The molecule has 364 valence electrons. The van der Waals surface area contributed by atoms with Gasteiger partial charge in [0.2, 0.25) is 11.8 Å². The summed E-state index contributed by atoms with van der Waals surface area (Å²) < 4.78 is 27.7. The van der Waals surface area contributed by atoms with Crippen LogP contribution >= 0.6 is 21.6 Å². The van der Waals surface area contributed by atoms with Gasteiger partial charge in [-0.25, -0.2) is 4.79 Å². The first-order valence-corrected chi connectivity index (χ1v) is 23.2. The highest BCUT2D eigenvalue weighted by molar-refractivity contribution is 8.77. The van der Waals surface area contributed by atoms with E-state index in [1.54, 1.807) is 24.3 Å². The van der Waals surface area contributed by atoms with Crippen LogP contribution in [0.25, 0.3) is 0 Å². The van der Waals surface area contributed by atoms with Crippen LogP contribution in [0.3, 0.4) is 0 Å². The predicted molar refractivity (Wildman–Crippen MR) is 228 cm³/mol. The lowest BCUT2D eigenvalue weighted by Crippen LogP contribution is -2.68. The van der Waals surface area contributed by atoms with Crippen LogP contribution in [0.5, 0.6) is 0 Å². The molecule has 1 aromatic rings. The van der Waals surface area contributed by atoms with Crippen LogP contribution in [0.2, 0.25) is 0 Å². The van der Waals surface area contributed by atoms with E-state index >= 15 is 0 Å². The highest BCUT2D eigenvalue weighted by atomic mass is 33.1. The van der Waals surface area contributed by atoms with Crippen molar-refractivity contribution in [1.82, 2.24) is 5.32 Å². The average molecular weight is 955 g/mol. The number of anilines is 2. The normalized spacial score (nSPS) is 31.1. The number of aliphatic hydroxyl groups excluding tert-OH is 10. The van der Waals surface area contributed by atoms with Gasteiger partial charge in [0, 0.05) is 54.6 Å². The van der Waals surface area contributed by atoms with Crippen molar-refractivity contribution in [2.45, 2.75) is 136 Å². The van der Waals surface area contributed by atoms with E-state index in [1.807, 2.05) is 21.6 Å². The zero-order valence-corrected chi connectivity index (χ0v) is 36.7. The van der Waals surface area contributed by atoms with Gasteiger partial charge in [0.15, 0.2) is 12.7 Å². The highest BCUT2D eigenvalue weighted by Gasteiger charge is 2.59. The Kier molecular flexibility index (Phi) is 21.6. The summed E-state index contributed by atoms with van der Waals surface area (Å²) in [5.41, 5.74) is 0.912. The summed E-state index contributed by atoms with van der Waals surface area (Å²) in [6.07, 6.45) is -20.1. The predicted octanol–water partition coefficient (Wildman–Crippen LogP) is -2.94. The quantitative estimate of drug-likeness (QED) is 0.0191. The molecule has 0 radical (unpaired) electrons. The second-order valence-electron chi connectivity index (χ2n) is 15.8. The molecule has 3 aliphatic rings. The number of nitrogens with one attached hydrogen (secondary N) is 4. The van der Waals surface area contributed by atoms with Gasteiger partial charge in [0.05, 0.1) is 44.7 Å². The maximum absolute atomic E-state index is 12.9. The average Bonchev–Trinajstić information content (AvgIpc) is 3.80. The fraction of sp³-hybridized carbons (Fsp3) is 0.744. The summed E-state index contributed by atoms with van der Waals surface area (Å²) in [4.78, 5) is 37.9. The van der Waals surface area contributed by atoms with E-state index < -0.39 is 136 Å². The number of hydrogen-bond donors (Lipinski definition) is 15. The number of carboxylic acid groups (broad SMARTS) is 1. The topological polar surface area (TPSA) is 380 Å². The van der Waals surface area contributed by atoms with E-state index in [9.17, 15) is 70.6 Å². The molecular weight excluding hydrogens is 893 g/mol. The van der Waals surface area contributed by atoms with Gasteiger partial charge < -0.3 is 95.8 Å². The Morgan fingerprint density at radius 2 is 1.75 bits per heavy atom. The lowest BCUT2D eigenvalue weighted by Gasteiger charge is -2.50. The minimum atomic E-state index is -3.05. The van der Waals surface area contributed by atoms with Gasteiger partial charge in [0.1, 0.15) is 54.9 Å². The number of hydrogen-bond acceptors (Lipinski definition) is 22. The van der Waals surface area contributed by atoms with Gasteiger partial charge in [0.25, 0.3) is 5.79 Å². The maximum atomic E-state index is 12.9. The number of benzene rings is 1. The van der Waals surface area contributed by atoms with Gasteiger partial charge in [-0.2, -0.15) is 0 Å². The molecule has 25 heteroatoms. The molecule has 3 heterocycles. The maximum Gasteiger partial charge on any atom is 0.364 e. The Morgan fingerprint density at radius 1 is 1.03 bits per heavy atom. The summed E-state index contributed by atoms with van der Waals surface area (Å²) in [5.74, 6) is -6.02. The molecule has 23 nitrogen and oxygen atoms in total. The van der Waals surface area contributed by atoms with Gasteiger partial charge in [-0.15, -0.1) is 0 Å². The molecule has 3 fully saturated rings. The molecular formula is C39H62N4O19S2. The number of unbranched alkanes of at least 4 members (excludes halogenated alkanes) is 1. The van der Waals surface area contributed by atoms with Crippen LogP contribution in [-0.4, -0.2) is 210 Å². The van der Waals surface area contributed by atoms with Crippen molar-refractivity contribution in [3.8, 4) is 0 Å². The van der Waals surface area contributed by atoms with Crippen molar-refractivity contribution in [3.05, 3.63) is 24.3 Å². The molecule has 2 amide bonds. The molecule has 0 aliphatic carbocycles. The third kappa shape index (κ3) is 14.5. The Bertz CT molecular complexity index is 1640. The minimum absolute atomic E-state index is 0.174.